The first kappa shape index (κ1) is 11.7. The van der Waals surface area contributed by atoms with Crippen molar-refractivity contribution in [1.82, 2.24) is 4.90 Å². The number of aliphatic hydroxyl groups excluding tert-OH is 1. The summed E-state index contributed by atoms with van der Waals surface area (Å²) >= 11 is 0. The number of rotatable bonds is 6. The molecule has 81 valence electrons. The van der Waals surface area contributed by atoms with Crippen molar-refractivity contribution in [2.45, 2.75) is 32.1 Å². The first-order valence-corrected chi connectivity index (χ1v) is 5.55. The molecule has 0 spiro atoms. The monoisotopic (exact) mass is 198 g/mol. The standard InChI is InChI=1S/C11H20NO2/c13-9-1-3-11-4-7-12(8-5-11)6-2-10-14/h11,14H,1-8,10H2. The van der Waals surface area contributed by atoms with Crippen LogP contribution in [-0.2, 0) is 4.79 Å². The van der Waals surface area contributed by atoms with E-state index in [9.17, 15) is 4.79 Å². The number of hydrogen-bond acceptors (Lipinski definition) is 3. The van der Waals surface area contributed by atoms with E-state index in [4.69, 9.17) is 5.11 Å². The largest absolute Gasteiger partial charge is 0.396 e. The number of likely N-dealkylation sites (tertiary alicyclic amines) is 1. The van der Waals surface area contributed by atoms with E-state index in [1.165, 1.54) is 12.8 Å². The minimum absolute atomic E-state index is 0.292. The summed E-state index contributed by atoms with van der Waals surface area (Å²) in [5.41, 5.74) is 0. The molecule has 1 N–H and O–H groups in total. The third kappa shape index (κ3) is 4.20. The molecule has 3 heteroatoms. The van der Waals surface area contributed by atoms with Crippen molar-refractivity contribution in [1.29, 1.82) is 0 Å². The lowest BCUT2D eigenvalue weighted by atomic mass is 9.92. The van der Waals surface area contributed by atoms with E-state index in [0.29, 0.717) is 13.0 Å². The number of hydrogen-bond donors (Lipinski definition) is 1. The van der Waals surface area contributed by atoms with E-state index in [-0.39, 0.29) is 0 Å². The number of piperidine rings is 1. The van der Waals surface area contributed by atoms with Gasteiger partial charge in [0.1, 0.15) is 0 Å². The summed E-state index contributed by atoms with van der Waals surface area (Å²) in [5, 5.41) is 8.70. The average Bonchev–Trinajstić information content (AvgIpc) is 2.25. The quantitative estimate of drug-likeness (QED) is 0.691. The lowest BCUT2D eigenvalue weighted by molar-refractivity contribution is 0.164. The van der Waals surface area contributed by atoms with Crippen molar-refractivity contribution in [3.8, 4) is 0 Å². The van der Waals surface area contributed by atoms with Crippen LogP contribution in [0.5, 0.6) is 0 Å². The predicted molar refractivity (Wildman–Crippen MR) is 55.8 cm³/mol. The van der Waals surface area contributed by atoms with Gasteiger partial charge in [-0.3, -0.25) is 4.79 Å². The van der Waals surface area contributed by atoms with Crippen molar-refractivity contribution in [3.63, 3.8) is 0 Å². The molecule has 0 atom stereocenters. The Balaban J connectivity index is 2.08. The number of aliphatic hydroxyl groups is 1. The maximum absolute atomic E-state index is 10.1. The van der Waals surface area contributed by atoms with E-state index < -0.39 is 0 Å². The molecule has 0 bridgehead atoms. The fourth-order valence-electron chi connectivity index (χ4n) is 2.06. The van der Waals surface area contributed by atoms with E-state index in [1.54, 1.807) is 0 Å². The molecular formula is C11H20NO2. The van der Waals surface area contributed by atoms with Crippen molar-refractivity contribution >= 4 is 6.29 Å². The van der Waals surface area contributed by atoms with Gasteiger partial charge in [0.2, 0.25) is 0 Å². The van der Waals surface area contributed by atoms with Gasteiger partial charge in [0.25, 0.3) is 0 Å². The number of nitrogens with zero attached hydrogens (tertiary/aromatic N) is 1. The Kier molecular flexibility index (Phi) is 5.80. The molecule has 3 nitrogen and oxygen atoms in total. The van der Waals surface area contributed by atoms with Gasteiger partial charge in [-0.15, -0.1) is 0 Å². The van der Waals surface area contributed by atoms with Crippen LogP contribution in [0.1, 0.15) is 32.1 Å². The molecule has 1 aliphatic heterocycles. The van der Waals surface area contributed by atoms with Gasteiger partial charge < -0.3 is 10.0 Å². The summed E-state index contributed by atoms with van der Waals surface area (Å²) in [5.74, 6) is 0.724. The number of carbonyl (C=O) groups excluding carboxylic acids is 1. The van der Waals surface area contributed by atoms with Gasteiger partial charge in [-0.05, 0) is 44.7 Å². The summed E-state index contributed by atoms with van der Waals surface area (Å²) in [7, 11) is 0. The smallest absolute Gasteiger partial charge is 0.198 e. The normalized spacial score (nSPS) is 19.8. The van der Waals surface area contributed by atoms with Crippen molar-refractivity contribution in [2.24, 2.45) is 5.92 Å². The predicted octanol–water partition coefficient (Wildman–Crippen LogP) is 0.971. The minimum Gasteiger partial charge on any atom is -0.396 e. The Morgan fingerprint density at radius 1 is 1.36 bits per heavy atom. The highest BCUT2D eigenvalue weighted by atomic mass is 16.3. The molecule has 1 radical (unpaired) electrons. The van der Waals surface area contributed by atoms with E-state index >= 15 is 0 Å². The van der Waals surface area contributed by atoms with Crippen molar-refractivity contribution < 1.29 is 9.90 Å². The van der Waals surface area contributed by atoms with Crippen LogP contribution in [0.15, 0.2) is 0 Å². The highest BCUT2D eigenvalue weighted by molar-refractivity contribution is 5.50. The van der Waals surface area contributed by atoms with Crippen LogP contribution in [0.4, 0.5) is 0 Å². The van der Waals surface area contributed by atoms with E-state index in [0.717, 1.165) is 38.4 Å². The Bertz CT molecular complexity index is 153. The van der Waals surface area contributed by atoms with Crippen LogP contribution < -0.4 is 0 Å². The van der Waals surface area contributed by atoms with Gasteiger partial charge in [-0.1, -0.05) is 0 Å². The summed E-state index contributed by atoms with van der Waals surface area (Å²) in [6.45, 7) is 3.57. The van der Waals surface area contributed by atoms with Crippen LogP contribution >= 0.6 is 0 Å². The van der Waals surface area contributed by atoms with Crippen molar-refractivity contribution in [2.75, 3.05) is 26.2 Å². The Labute approximate surface area is 86.1 Å². The molecule has 0 amide bonds. The summed E-state index contributed by atoms with van der Waals surface area (Å²) < 4.78 is 0. The topological polar surface area (TPSA) is 40.5 Å². The molecule has 0 aromatic rings. The maximum Gasteiger partial charge on any atom is 0.198 e. The molecule has 1 heterocycles. The zero-order chi connectivity index (χ0) is 10.2. The first-order chi connectivity index (χ1) is 6.86. The molecule has 1 fully saturated rings. The van der Waals surface area contributed by atoms with E-state index in [1.807, 2.05) is 6.29 Å². The van der Waals surface area contributed by atoms with Gasteiger partial charge in [-0.25, -0.2) is 0 Å². The van der Waals surface area contributed by atoms with E-state index in [2.05, 4.69) is 4.90 Å². The third-order valence-electron chi connectivity index (χ3n) is 2.99. The van der Waals surface area contributed by atoms with Gasteiger partial charge in [-0.2, -0.15) is 0 Å². The molecule has 0 aromatic carbocycles. The first-order valence-electron chi connectivity index (χ1n) is 5.55. The maximum atomic E-state index is 10.1. The molecule has 0 saturated carbocycles. The van der Waals surface area contributed by atoms with Gasteiger partial charge in [0.05, 0.1) is 0 Å². The third-order valence-corrected chi connectivity index (χ3v) is 2.99. The molecule has 1 saturated heterocycles. The van der Waals surface area contributed by atoms with Gasteiger partial charge in [0.15, 0.2) is 6.29 Å². The summed E-state index contributed by atoms with van der Waals surface area (Å²) in [4.78, 5) is 12.5. The van der Waals surface area contributed by atoms with Crippen LogP contribution in [-0.4, -0.2) is 42.5 Å². The fourth-order valence-corrected chi connectivity index (χ4v) is 2.06. The SMILES string of the molecule is O=[C]CCC1CCN(CCCO)CC1. The van der Waals surface area contributed by atoms with Gasteiger partial charge >= 0.3 is 0 Å². The summed E-state index contributed by atoms with van der Waals surface area (Å²) in [6.07, 6.45) is 6.86. The molecule has 0 aromatic heterocycles. The zero-order valence-electron chi connectivity index (χ0n) is 8.74. The van der Waals surface area contributed by atoms with Crippen LogP contribution in [0.25, 0.3) is 0 Å². The zero-order valence-corrected chi connectivity index (χ0v) is 8.74. The second-order valence-electron chi connectivity index (χ2n) is 4.05. The molecule has 14 heavy (non-hydrogen) atoms. The second kappa shape index (κ2) is 6.96. The van der Waals surface area contributed by atoms with Crippen LogP contribution in [0, 0.1) is 5.92 Å². The Morgan fingerprint density at radius 3 is 2.64 bits per heavy atom. The molecule has 0 aliphatic carbocycles. The Morgan fingerprint density at radius 2 is 2.07 bits per heavy atom. The van der Waals surface area contributed by atoms with Crippen molar-refractivity contribution in [3.05, 3.63) is 0 Å². The Hall–Kier alpha value is -0.410. The minimum atomic E-state index is 0.292. The lowest BCUT2D eigenvalue weighted by Crippen LogP contribution is -2.34. The fraction of sp³-hybridized carbons (Fsp3) is 0.909. The van der Waals surface area contributed by atoms with Crippen LogP contribution in [0.2, 0.25) is 0 Å². The molecule has 1 aliphatic rings. The molecule has 0 unspecified atom stereocenters. The highest BCUT2D eigenvalue weighted by Crippen LogP contribution is 2.21. The highest BCUT2D eigenvalue weighted by Gasteiger charge is 2.17. The average molecular weight is 198 g/mol. The lowest BCUT2D eigenvalue weighted by Gasteiger charge is -2.31. The molecule has 1 rings (SSSR count). The second-order valence-corrected chi connectivity index (χ2v) is 4.05. The molecular weight excluding hydrogens is 178 g/mol. The van der Waals surface area contributed by atoms with Gasteiger partial charge in [0, 0.05) is 19.6 Å². The summed E-state index contributed by atoms with van der Waals surface area (Å²) in [6, 6.07) is 0. The van der Waals surface area contributed by atoms with Crippen LogP contribution in [0.3, 0.4) is 0 Å².